The Hall–Kier alpha value is -2.58. The van der Waals surface area contributed by atoms with E-state index in [-0.39, 0.29) is 4.90 Å². The van der Waals surface area contributed by atoms with Gasteiger partial charge in [0.25, 0.3) is 0 Å². The summed E-state index contributed by atoms with van der Waals surface area (Å²) in [7, 11) is -1.71. The van der Waals surface area contributed by atoms with Gasteiger partial charge in [0, 0.05) is 32.2 Å². The molecule has 2 heterocycles. The Morgan fingerprint density at radius 2 is 1.71 bits per heavy atom. The van der Waals surface area contributed by atoms with Gasteiger partial charge in [0.2, 0.25) is 10.0 Å². The molecule has 0 radical (unpaired) electrons. The van der Waals surface area contributed by atoms with Gasteiger partial charge >= 0.3 is 0 Å². The van der Waals surface area contributed by atoms with Crippen LogP contribution in [0.15, 0.2) is 53.8 Å². The topological polar surface area (TPSA) is 102 Å². The Bertz CT molecular complexity index is 952. The van der Waals surface area contributed by atoms with Gasteiger partial charge in [0.15, 0.2) is 5.82 Å². The van der Waals surface area contributed by atoms with E-state index in [1.165, 1.54) is 12.1 Å². The second kappa shape index (κ2) is 6.50. The van der Waals surface area contributed by atoms with Crippen molar-refractivity contribution in [3.63, 3.8) is 0 Å². The van der Waals surface area contributed by atoms with Crippen LogP contribution in [-0.4, -0.2) is 37.0 Å². The van der Waals surface area contributed by atoms with E-state index in [0.717, 1.165) is 28.8 Å². The van der Waals surface area contributed by atoms with Crippen molar-refractivity contribution in [2.24, 2.45) is 5.14 Å². The molecule has 124 valence electrons. The number of benzene rings is 1. The zero-order valence-corrected chi connectivity index (χ0v) is 13.9. The number of hydrogen-bond acceptors (Lipinski definition) is 6. The van der Waals surface area contributed by atoms with Crippen LogP contribution in [0.3, 0.4) is 0 Å². The van der Waals surface area contributed by atoms with E-state index in [2.05, 4.69) is 15.0 Å². The third kappa shape index (κ3) is 3.50. The highest BCUT2D eigenvalue weighted by Crippen LogP contribution is 2.19. The number of likely N-dealkylation sites (N-methyl/N-ethyl adjacent to an activating group) is 1. The molecular weight excluding hydrogens is 326 g/mol. The van der Waals surface area contributed by atoms with E-state index in [1.54, 1.807) is 30.7 Å². The minimum absolute atomic E-state index is 0.116. The summed E-state index contributed by atoms with van der Waals surface area (Å²) in [6, 6.07) is 8.40. The molecule has 2 N–H and O–H groups in total. The van der Waals surface area contributed by atoms with E-state index in [0.29, 0.717) is 6.54 Å². The van der Waals surface area contributed by atoms with Crippen LogP contribution in [0.5, 0.6) is 0 Å². The Kier molecular flexibility index (Phi) is 4.41. The average Bonchev–Trinajstić information content (AvgIpc) is 2.59. The van der Waals surface area contributed by atoms with E-state index in [4.69, 9.17) is 5.14 Å². The van der Waals surface area contributed by atoms with Gasteiger partial charge in [-0.25, -0.2) is 23.5 Å². The molecule has 0 bridgehead atoms. The molecule has 0 aliphatic carbocycles. The quantitative estimate of drug-likeness (QED) is 0.750. The molecule has 0 saturated heterocycles. The number of fused-ring (bicyclic) bond motifs is 1. The molecular formula is C16H17N5O2S. The van der Waals surface area contributed by atoms with Gasteiger partial charge < -0.3 is 4.90 Å². The minimum Gasteiger partial charge on any atom is -0.357 e. The van der Waals surface area contributed by atoms with E-state index in [1.807, 2.05) is 18.0 Å². The van der Waals surface area contributed by atoms with Gasteiger partial charge in [-0.2, -0.15) is 0 Å². The third-order valence-electron chi connectivity index (χ3n) is 3.72. The van der Waals surface area contributed by atoms with Crippen LogP contribution < -0.4 is 10.0 Å². The highest BCUT2D eigenvalue weighted by atomic mass is 32.2. The fraction of sp³-hybridized carbons (Fsp3) is 0.188. The van der Waals surface area contributed by atoms with Crippen LogP contribution in [0.4, 0.5) is 5.82 Å². The van der Waals surface area contributed by atoms with Crippen molar-refractivity contribution < 1.29 is 8.42 Å². The second-order valence-electron chi connectivity index (χ2n) is 5.42. The molecule has 3 rings (SSSR count). The maximum absolute atomic E-state index is 11.3. The first-order valence-corrected chi connectivity index (χ1v) is 8.88. The number of rotatable bonds is 5. The van der Waals surface area contributed by atoms with Crippen molar-refractivity contribution in [2.45, 2.75) is 11.3 Å². The fourth-order valence-electron chi connectivity index (χ4n) is 2.41. The standard InChI is InChI=1S/C16H17N5O2S/c1-21(16-15-14(6-8-20-16)18-9-10-19-15)11-7-12-2-4-13(5-3-12)24(17,22)23/h2-6,8-10H,7,11H2,1H3,(H2,17,22,23). The first-order chi connectivity index (χ1) is 11.4. The third-order valence-corrected chi connectivity index (χ3v) is 4.65. The monoisotopic (exact) mass is 343 g/mol. The highest BCUT2D eigenvalue weighted by Gasteiger charge is 2.10. The number of nitrogens with zero attached hydrogens (tertiary/aromatic N) is 4. The molecule has 0 unspecified atom stereocenters. The van der Waals surface area contributed by atoms with Crippen molar-refractivity contribution >= 4 is 26.9 Å². The summed E-state index contributed by atoms with van der Waals surface area (Å²) in [6.45, 7) is 0.706. The Morgan fingerprint density at radius 1 is 1.00 bits per heavy atom. The summed E-state index contributed by atoms with van der Waals surface area (Å²) in [5.41, 5.74) is 2.57. The second-order valence-corrected chi connectivity index (χ2v) is 6.98. The summed E-state index contributed by atoms with van der Waals surface area (Å²) in [5, 5.41) is 5.10. The lowest BCUT2D eigenvalue weighted by Gasteiger charge is -2.19. The van der Waals surface area contributed by atoms with E-state index < -0.39 is 10.0 Å². The number of hydrogen-bond donors (Lipinski definition) is 1. The first-order valence-electron chi connectivity index (χ1n) is 7.34. The normalized spacial score (nSPS) is 11.6. The van der Waals surface area contributed by atoms with Crippen LogP contribution in [0.1, 0.15) is 5.56 Å². The van der Waals surface area contributed by atoms with Gasteiger partial charge in [0.05, 0.1) is 10.4 Å². The van der Waals surface area contributed by atoms with Crippen LogP contribution in [0, 0.1) is 0 Å². The summed E-state index contributed by atoms with van der Waals surface area (Å²) >= 11 is 0. The van der Waals surface area contributed by atoms with Crippen molar-refractivity contribution in [1.82, 2.24) is 15.0 Å². The van der Waals surface area contributed by atoms with Gasteiger partial charge in [-0.1, -0.05) is 12.1 Å². The smallest absolute Gasteiger partial charge is 0.238 e. The minimum atomic E-state index is -3.65. The van der Waals surface area contributed by atoms with Gasteiger partial charge in [-0.15, -0.1) is 0 Å². The number of sulfonamides is 1. The summed E-state index contributed by atoms with van der Waals surface area (Å²) in [5.74, 6) is 0.766. The summed E-state index contributed by atoms with van der Waals surface area (Å²) in [6.07, 6.45) is 5.75. The lowest BCUT2D eigenvalue weighted by Crippen LogP contribution is -2.22. The number of pyridine rings is 1. The molecule has 0 aliphatic heterocycles. The van der Waals surface area contributed by atoms with E-state index in [9.17, 15) is 8.42 Å². The predicted octanol–water partition coefficient (Wildman–Crippen LogP) is 1.35. The Morgan fingerprint density at radius 3 is 2.42 bits per heavy atom. The van der Waals surface area contributed by atoms with Crippen molar-refractivity contribution in [3.05, 3.63) is 54.5 Å². The Labute approximate surface area is 140 Å². The maximum Gasteiger partial charge on any atom is 0.238 e. The molecule has 0 atom stereocenters. The molecule has 7 nitrogen and oxygen atoms in total. The molecule has 0 aliphatic rings. The lowest BCUT2D eigenvalue weighted by atomic mass is 10.1. The van der Waals surface area contributed by atoms with Crippen LogP contribution in [0.25, 0.3) is 11.0 Å². The zero-order chi connectivity index (χ0) is 17.2. The van der Waals surface area contributed by atoms with Gasteiger partial charge in [-0.3, -0.25) is 4.98 Å². The molecule has 2 aromatic heterocycles. The molecule has 1 aromatic carbocycles. The fourth-order valence-corrected chi connectivity index (χ4v) is 2.93. The molecule has 0 saturated carbocycles. The van der Waals surface area contributed by atoms with Crippen LogP contribution in [-0.2, 0) is 16.4 Å². The largest absolute Gasteiger partial charge is 0.357 e. The zero-order valence-electron chi connectivity index (χ0n) is 13.1. The Balaban J connectivity index is 1.74. The number of nitrogens with two attached hydrogens (primary N) is 1. The molecule has 3 aromatic rings. The van der Waals surface area contributed by atoms with Crippen LogP contribution in [0.2, 0.25) is 0 Å². The lowest BCUT2D eigenvalue weighted by molar-refractivity contribution is 0.598. The highest BCUT2D eigenvalue weighted by molar-refractivity contribution is 7.89. The molecule has 0 fully saturated rings. The molecule has 8 heteroatoms. The van der Waals surface area contributed by atoms with E-state index >= 15 is 0 Å². The van der Waals surface area contributed by atoms with Crippen molar-refractivity contribution in [1.29, 1.82) is 0 Å². The van der Waals surface area contributed by atoms with Crippen LogP contribution >= 0.6 is 0 Å². The maximum atomic E-state index is 11.3. The number of anilines is 1. The van der Waals surface area contributed by atoms with Gasteiger partial charge in [-0.05, 0) is 30.2 Å². The number of aromatic nitrogens is 3. The van der Waals surface area contributed by atoms with Gasteiger partial charge in [0.1, 0.15) is 5.52 Å². The first kappa shape index (κ1) is 16.3. The molecule has 0 spiro atoms. The predicted molar refractivity (Wildman–Crippen MR) is 92.1 cm³/mol. The number of primary sulfonamides is 1. The molecule has 0 amide bonds. The SMILES string of the molecule is CN(CCc1ccc(S(N)(=O)=O)cc1)c1nccc2nccnc12. The molecule has 24 heavy (non-hydrogen) atoms. The summed E-state index contributed by atoms with van der Waals surface area (Å²) in [4.78, 5) is 15.1. The van der Waals surface area contributed by atoms with Crippen molar-refractivity contribution in [3.8, 4) is 0 Å². The van der Waals surface area contributed by atoms with Crippen molar-refractivity contribution in [2.75, 3.05) is 18.5 Å². The summed E-state index contributed by atoms with van der Waals surface area (Å²) < 4.78 is 22.5. The average molecular weight is 343 g/mol.